The lowest BCUT2D eigenvalue weighted by Gasteiger charge is -2.40. The van der Waals surface area contributed by atoms with E-state index < -0.39 is 0 Å². The van der Waals surface area contributed by atoms with Gasteiger partial charge in [-0.2, -0.15) is 0 Å². The van der Waals surface area contributed by atoms with E-state index in [2.05, 4.69) is 62.9 Å². The Hall–Kier alpha value is -2.49. The molecule has 2 aromatic rings. The molecule has 2 amide bonds. The average Bonchev–Trinajstić information content (AvgIpc) is 2.68. The van der Waals surface area contributed by atoms with Gasteiger partial charge in [-0.1, -0.05) is 42.5 Å². The van der Waals surface area contributed by atoms with Gasteiger partial charge in [-0.25, -0.2) is 4.79 Å². The molecule has 0 bridgehead atoms. The van der Waals surface area contributed by atoms with Crippen LogP contribution in [0, 0.1) is 13.8 Å². The number of amides is 2. The summed E-state index contributed by atoms with van der Waals surface area (Å²) in [6.07, 6.45) is 0. The Balaban J connectivity index is 1.65. The largest absolute Gasteiger partial charge is 0.368 e. The van der Waals surface area contributed by atoms with E-state index in [4.69, 9.17) is 0 Å². The number of urea groups is 1. The van der Waals surface area contributed by atoms with Crippen molar-refractivity contribution >= 4 is 11.7 Å². The fourth-order valence-electron chi connectivity index (χ4n) is 3.65. The van der Waals surface area contributed by atoms with Gasteiger partial charge in [0.1, 0.15) is 0 Å². The number of aryl methyl sites for hydroxylation is 1. The number of hydrogen-bond acceptors (Lipinski definition) is 2. The quantitative estimate of drug-likeness (QED) is 0.800. The van der Waals surface area contributed by atoms with Gasteiger partial charge in [-0.3, -0.25) is 0 Å². The van der Waals surface area contributed by atoms with Gasteiger partial charge >= 0.3 is 6.03 Å². The fourth-order valence-corrected chi connectivity index (χ4v) is 3.65. The molecule has 144 valence electrons. The van der Waals surface area contributed by atoms with Crippen LogP contribution in [0.15, 0.2) is 48.5 Å². The number of benzene rings is 2. The Morgan fingerprint density at radius 3 is 2.26 bits per heavy atom. The Morgan fingerprint density at radius 2 is 1.63 bits per heavy atom. The zero-order valence-corrected chi connectivity index (χ0v) is 17.0. The van der Waals surface area contributed by atoms with Gasteiger partial charge in [0, 0.05) is 44.5 Å². The van der Waals surface area contributed by atoms with Gasteiger partial charge in [-0.05, 0) is 50.5 Å². The molecule has 0 radical (unpaired) electrons. The third-order valence-electron chi connectivity index (χ3n) is 5.53. The first-order valence-corrected chi connectivity index (χ1v) is 9.88. The molecule has 0 spiro atoms. The van der Waals surface area contributed by atoms with Crippen molar-refractivity contribution in [2.75, 3.05) is 31.1 Å². The topological polar surface area (TPSA) is 26.8 Å². The fraction of sp³-hybridized carbons (Fsp3) is 0.435. The van der Waals surface area contributed by atoms with E-state index in [9.17, 15) is 4.79 Å². The van der Waals surface area contributed by atoms with Gasteiger partial charge in [0.25, 0.3) is 0 Å². The molecular formula is C23H31N3O. The summed E-state index contributed by atoms with van der Waals surface area (Å²) in [6, 6.07) is 17.0. The average molecular weight is 366 g/mol. The van der Waals surface area contributed by atoms with E-state index in [0.29, 0.717) is 6.54 Å². The monoisotopic (exact) mass is 365 g/mol. The normalized spacial score (nSPS) is 14.6. The van der Waals surface area contributed by atoms with Crippen molar-refractivity contribution in [3.8, 4) is 0 Å². The number of rotatable bonds is 4. The highest BCUT2D eigenvalue weighted by molar-refractivity contribution is 5.75. The maximum atomic E-state index is 13.1. The minimum atomic E-state index is 0.148. The van der Waals surface area contributed by atoms with Gasteiger partial charge in [0.15, 0.2) is 0 Å². The first-order valence-electron chi connectivity index (χ1n) is 9.88. The predicted molar refractivity (Wildman–Crippen MR) is 112 cm³/mol. The molecule has 0 aromatic heterocycles. The van der Waals surface area contributed by atoms with Crippen molar-refractivity contribution in [2.24, 2.45) is 0 Å². The second kappa shape index (κ2) is 8.47. The summed E-state index contributed by atoms with van der Waals surface area (Å²) >= 11 is 0. The van der Waals surface area contributed by atoms with E-state index in [1.54, 1.807) is 0 Å². The van der Waals surface area contributed by atoms with Crippen LogP contribution in [0.3, 0.4) is 0 Å². The lowest BCUT2D eigenvalue weighted by atomic mass is 10.1. The molecule has 1 saturated heterocycles. The minimum absolute atomic E-state index is 0.148. The molecule has 3 rings (SSSR count). The van der Waals surface area contributed by atoms with E-state index in [1.807, 2.05) is 28.0 Å². The number of carbonyl (C=O) groups excluding carboxylic acids is 1. The van der Waals surface area contributed by atoms with Crippen LogP contribution in [0.25, 0.3) is 0 Å². The van der Waals surface area contributed by atoms with Crippen LogP contribution in [0.4, 0.5) is 10.5 Å². The van der Waals surface area contributed by atoms with E-state index in [1.165, 1.54) is 22.4 Å². The number of hydrogen-bond donors (Lipinski definition) is 0. The molecule has 0 unspecified atom stereocenters. The molecule has 0 atom stereocenters. The molecule has 1 fully saturated rings. The summed E-state index contributed by atoms with van der Waals surface area (Å²) in [4.78, 5) is 19.5. The summed E-state index contributed by atoms with van der Waals surface area (Å²) in [6.45, 7) is 12.5. The minimum Gasteiger partial charge on any atom is -0.368 e. The molecule has 0 saturated carbocycles. The van der Waals surface area contributed by atoms with Crippen LogP contribution < -0.4 is 4.90 Å². The van der Waals surface area contributed by atoms with Crippen molar-refractivity contribution < 1.29 is 4.79 Å². The number of nitrogens with zero attached hydrogens (tertiary/aromatic N) is 3. The molecule has 0 N–H and O–H groups in total. The van der Waals surface area contributed by atoms with Crippen molar-refractivity contribution in [1.82, 2.24) is 9.80 Å². The van der Waals surface area contributed by atoms with Crippen molar-refractivity contribution in [1.29, 1.82) is 0 Å². The van der Waals surface area contributed by atoms with Crippen LogP contribution in [-0.4, -0.2) is 48.1 Å². The van der Waals surface area contributed by atoms with E-state index >= 15 is 0 Å². The zero-order valence-electron chi connectivity index (χ0n) is 17.0. The Bertz CT molecular complexity index is 764. The summed E-state index contributed by atoms with van der Waals surface area (Å²) in [5.41, 5.74) is 5.13. The number of carbonyl (C=O) groups is 1. The van der Waals surface area contributed by atoms with Crippen LogP contribution in [-0.2, 0) is 6.54 Å². The van der Waals surface area contributed by atoms with Gasteiger partial charge < -0.3 is 14.7 Å². The number of anilines is 1. The standard InChI is InChI=1S/C23H31N3O/c1-18(2)26(17-21-10-6-5-7-11-21)23(27)25-15-13-24(14-16-25)22-12-8-9-19(3)20(22)4/h5-12,18H,13-17H2,1-4H3. The molecular weight excluding hydrogens is 334 g/mol. The summed E-state index contributed by atoms with van der Waals surface area (Å²) in [7, 11) is 0. The third kappa shape index (κ3) is 4.44. The summed E-state index contributed by atoms with van der Waals surface area (Å²) in [5.74, 6) is 0. The Morgan fingerprint density at radius 1 is 0.963 bits per heavy atom. The molecule has 27 heavy (non-hydrogen) atoms. The lowest BCUT2D eigenvalue weighted by molar-refractivity contribution is 0.134. The SMILES string of the molecule is Cc1cccc(N2CCN(C(=O)N(Cc3ccccc3)C(C)C)CC2)c1C. The predicted octanol–water partition coefficient (Wildman–Crippen LogP) is 4.46. The Kier molecular flexibility index (Phi) is 6.04. The van der Waals surface area contributed by atoms with Crippen LogP contribution >= 0.6 is 0 Å². The molecule has 1 aliphatic rings. The Labute approximate surface area is 163 Å². The highest BCUT2D eigenvalue weighted by Crippen LogP contribution is 2.24. The maximum Gasteiger partial charge on any atom is 0.320 e. The summed E-state index contributed by atoms with van der Waals surface area (Å²) in [5, 5.41) is 0. The first kappa shape index (κ1) is 19.3. The van der Waals surface area contributed by atoms with Crippen LogP contribution in [0.2, 0.25) is 0 Å². The second-order valence-electron chi connectivity index (χ2n) is 7.68. The number of piperazine rings is 1. The molecule has 4 nitrogen and oxygen atoms in total. The van der Waals surface area contributed by atoms with Crippen molar-refractivity contribution in [2.45, 2.75) is 40.3 Å². The van der Waals surface area contributed by atoms with Crippen molar-refractivity contribution in [3.63, 3.8) is 0 Å². The second-order valence-corrected chi connectivity index (χ2v) is 7.68. The van der Waals surface area contributed by atoms with Crippen molar-refractivity contribution in [3.05, 3.63) is 65.2 Å². The van der Waals surface area contributed by atoms with E-state index in [0.717, 1.165) is 26.2 Å². The lowest BCUT2D eigenvalue weighted by Crippen LogP contribution is -2.54. The summed E-state index contributed by atoms with van der Waals surface area (Å²) < 4.78 is 0. The van der Waals surface area contributed by atoms with Gasteiger partial charge in [0.2, 0.25) is 0 Å². The highest BCUT2D eigenvalue weighted by Gasteiger charge is 2.27. The molecule has 1 aliphatic heterocycles. The molecule has 0 aliphatic carbocycles. The first-order chi connectivity index (χ1) is 13.0. The smallest absolute Gasteiger partial charge is 0.320 e. The van der Waals surface area contributed by atoms with Crippen LogP contribution in [0.5, 0.6) is 0 Å². The van der Waals surface area contributed by atoms with E-state index in [-0.39, 0.29) is 12.1 Å². The molecule has 2 aromatic carbocycles. The molecule has 1 heterocycles. The maximum absolute atomic E-state index is 13.1. The van der Waals surface area contributed by atoms with Gasteiger partial charge in [0.05, 0.1) is 0 Å². The van der Waals surface area contributed by atoms with Gasteiger partial charge in [-0.15, -0.1) is 0 Å². The highest BCUT2D eigenvalue weighted by atomic mass is 16.2. The third-order valence-corrected chi connectivity index (χ3v) is 5.53. The molecule has 4 heteroatoms. The van der Waals surface area contributed by atoms with Crippen LogP contribution in [0.1, 0.15) is 30.5 Å². The zero-order chi connectivity index (χ0) is 19.4.